The van der Waals surface area contributed by atoms with Gasteiger partial charge in [-0.3, -0.25) is 4.99 Å². The quantitative estimate of drug-likeness (QED) is 0.614. The largest absolute Gasteiger partial charge is 0.359 e. The van der Waals surface area contributed by atoms with Gasteiger partial charge in [0.1, 0.15) is 0 Å². The molecule has 2 aromatic rings. The van der Waals surface area contributed by atoms with Gasteiger partial charge in [0, 0.05) is 26.1 Å². The van der Waals surface area contributed by atoms with Crippen LogP contribution in [0.1, 0.15) is 42.9 Å². The standard InChI is InChI=1S/C14H22N6O2/c1-9(2)12-7-11(21-20-12)8-17-14(15-4)16-6-5-13-18-10(3)19-22-13/h7,9H,5-6,8H2,1-4H3,(H2,15,16,17). The van der Waals surface area contributed by atoms with E-state index in [1.54, 1.807) is 14.0 Å². The lowest BCUT2D eigenvalue weighted by Gasteiger charge is -2.09. The molecular weight excluding hydrogens is 284 g/mol. The molecule has 0 amide bonds. The monoisotopic (exact) mass is 306 g/mol. The van der Waals surface area contributed by atoms with E-state index >= 15 is 0 Å². The summed E-state index contributed by atoms with van der Waals surface area (Å²) in [5.41, 5.74) is 0.950. The van der Waals surface area contributed by atoms with Gasteiger partial charge in [0.25, 0.3) is 0 Å². The van der Waals surface area contributed by atoms with Crippen LogP contribution in [0.15, 0.2) is 20.1 Å². The molecule has 0 saturated carbocycles. The predicted molar refractivity (Wildman–Crippen MR) is 81.5 cm³/mol. The molecule has 0 atom stereocenters. The van der Waals surface area contributed by atoms with Crippen LogP contribution in [0.5, 0.6) is 0 Å². The van der Waals surface area contributed by atoms with E-state index in [1.807, 2.05) is 6.07 Å². The molecule has 120 valence electrons. The number of hydrogen-bond acceptors (Lipinski definition) is 6. The molecule has 0 unspecified atom stereocenters. The molecule has 0 bridgehead atoms. The van der Waals surface area contributed by atoms with E-state index in [-0.39, 0.29) is 0 Å². The van der Waals surface area contributed by atoms with Gasteiger partial charge in [0.2, 0.25) is 5.89 Å². The summed E-state index contributed by atoms with van der Waals surface area (Å²) >= 11 is 0. The molecule has 0 fully saturated rings. The SMILES string of the molecule is CN=C(NCCc1nc(C)no1)NCc1cc(C(C)C)no1. The van der Waals surface area contributed by atoms with E-state index in [0.717, 1.165) is 11.5 Å². The van der Waals surface area contributed by atoms with Gasteiger partial charge in [-0.15, -0.1) is 0 Å². The number of aromatic nitrogens is 3. The highest BCUT2D eigenvalue weighted by Gasteiger charge is 2.08. The molecule has 0 spiro atoms. The smallest absolute Gasteiger partial charge is 0.228 e. The lowest BCUT2D eigenvalue weighted by atomic mass is 10.1. The summed E-state index contributed by atoms with van der Waals surface area (Å²) in [6.45, 7) is 7.13. The second-order valence-electron chi connectivity index (χ2n) is 5.21. The molecule has 0 saturated heterocycles. The lowest BCUT2D eigenvalue weighted by molar-refractivity contribution is 0.370. The number of aliphatic imine (C=N–C) groups is 1. The van der Waals surface area contributed by atoms with Gasteiger partial charge in [-0.05, 0) is 12.8 Å². The van der Waals surface area contributed by atoms with Crippen molar-refractivity contribution in [1.82, 2.24) is 25.9 Å². The zero-order valence-electron chi connectivity index (χ0n) is 13.4. The molecule has 0 aliphatic rings. The first-order valence-corrected chi connectivity index (χ1v) is 7.27. The van der Waals surface area contributed by atoms with Gasteiger partial charge in [-0.1, -0.05) is 24.2 Å². The van der Waals surface area contributed by atoms with E-state index in [4.69, 9.17) is 9.05 Å². The lowest BCUT2D eigenvalue weighted by Crippen LogP contribution is -2.37. The zero-order chi connectivity index (χ0) is 15.9. The van der Waals surface area contributed by atoms with Crippen molar-refractivity contribution in [3.8, 4) is 0 Å². The summed E-state index contributed by atoms with van der Waals surface area (Å²) in [5.74, 6) is 3.06. The molecule has 8 heteroatoms. The summed E-state index contributed by atoms with van der Waals surface area (Å²) in [6.07, 6.45) is 0.640. The highest BCUT2D eigenvalue weighted by molar-refractivity contribution is 5.79. The third-order valence-electron chi connectivity index (χ3n) is 3.02. The minimum atomic E-state index is 0.354. The first kappa shape index (κ1) is 16.0. The number of nitrogens with zero attached hydrogens (tertiary/aromatic N) is 4. The van der Waals surface area contributed by atoms with Crippen LogP contribution in [0.3, 0.4) is 0 Å². The molecule has 0 aromatic carbocycles. The molecule has 0 aliphatic heterocycles. The fourth-order valence-electron chi connectivity index (χ4n) is 1.81. The van der Waals surface area contributed by atoms with Crippen molar-refractivity contribution in [2.24, 2.45) is 4.99 Å². The number of guanidine groups is 1. The molecule has 2 aromatic heterocycles. The predicted octanol–water partition coefficient (Wildman–Crippen LogP) is 1.40. The molecule has 8 nitrogen and oxygen atoms in total. The van der Waals surface area contributed by atoms with Crippen molar-refractivity contribution in [2.45, 2.75) is 39.7 Å². The zero-order valence-corrected chi connectivity index (χ0v) is 13.4. The van der Waals surface area contributed by atoms with Crippen molar-refractivity contribution in [3.63, 3.8) is 0 Å². The Labute approximate surface area is 129 Å². The third kappa shape index (κ3) is 4.57. The molecular formula is C14H22N6O2. The van der Waals surface area contributed by atoms with Crippen LogP contribution in [0.25, 0.3) is 0 Å². The van der Waals surface area contributed by atoms with Crippen LogP contribution in [-0.4, -0.2) is 34.8 Å². The number of aryl methyl sites for hydroxylation is 1. The maximum Gasteiger partial charge on any atom is 0.228 e. The summed E-state index contributed by atoms with van der Waals surface area (Å²) in [6, 6.07) is 1.95. The Morgan fingerprint density at radius 2 is 2.09 bits per heavy atom. The van der Waals surface area contributed by atoms with Crippen LogP contribution in [0.2, 0.25) is 0 Å². The van der Waals surface area contributed by atoms with E-state index in [2.05, 4.69) is 44.8 Å². The first-order valence-electron chi connectivity index (χ1n) is 7.27. The minimum Gasteiger partial charge on any atom is -0.359 e. The van der Waals surface area contributed by atoms with Crippen LogP contribution in [0.4, 0.5) is 0 Å². The molecule has 0 radical (unpaired) electrons. The third-order valence-corrected chi connectivity index (χ3v) is 3.02. The van der Waals surface area contributed by atoms with Crippen molar-refractivity contribution in [3.05, 3.63) is 29.2 Å². The topological polar surface area (TPSA) is 101 Å². The Hall–Kier alpha value is -2.38. The Bertz CT molecular complexity index is 616. The summed E-state index contributed by atoms with van der Waals surface area (Å²) in [7, 11) is 1.71. The van der Waals surface area contributed by atoms with Crippen LogP contribution in [0, 0.1) is 6.92 Å². The van der Waals surface area contributed by atoms with Crippen LogP contribution in [-0.2, 0) is 13.0 Å². The summed E-state index contributed by atoms with van der Waals surface area (Å²) in [4.78, 5) is 8.29. The van der Waals surface area contributed by atoms with Crippen molar-refractivity contribution < 1.29 is 9.05 Å². The average Bonchev–Trinajstić information content (AvgIpc) is 3.11. The highest BCUT2D eigenvalue weighted by Crippen LogP contribution is 2.13. The van der Waals surface area contributed by atoms with E-state index in [1.165, 1.54) is 0 Å². The molecule has 0 aliphatic carbocycles. The second kappa shape index (κ2) is 7.58. The Balaban J connectivity index is 1.74. The number of hydrogen-bond donors (Lipinski definition) is 2. The van der Waals surface area contributed by atoms with Crippen LogP contribution >= 0.6 is 0 Å². The van der Waals surface area contributed by atoms with E-state index in [9.17, 15) is 0 Å². The Kier molecular flexibility index (Phi) is 5.51. The maximum absolute atomic E-state index is 5.27. The fraction of sp³-hybridized carbons (Fsp3) is 0.571. The van der Waals surface area contributed by atoms with Crippen LogP contribution < -0.4 is 10.6 Å². The van der Waals surface area contributed by atoms with Gasteiger partial charge in [0.05, 0.1) is 12.2 Å². The van der Waals surface area contributed by atoms with Gasteiger partial charge >= 0.3 is 0 Å². The normalized spacial score (nSPS) is 12.0. The Morgan fingerprint density at radius 1 is 1.27 bits per heavy atom. The second-order valence-corrected chi connectivity index (χ2v) is 5.21. The molecule has 2 N–H and O–H groups in total. The summed E-state index contributed by atoms with van der Waals surface area (Å²) < 4.78 is 10.3. The van der Waals surface area contributed by atoms with Gasteiger partial charge in [0.15, 0.2) is 17.5 Å². The van der Waals surface area contributed by atoms with Gasteiger partial charge in [-0.2, -0.15) is 4.98 Å². The van der Waals surface area contributed by atoms with E-state index in [0.29, 0.717) is 43.1 Å². The van der Waals surface area contributed by atoms with Crippen molar-refractivity contribution in [1.29, 1.82) is 0 Å². The Morgan fingerprint density at radius 3 is 2.68 bits per heavy atom. The first-order chi connectivity index (χ1) is 10.6. The minimum absolute atomic E-state index is 0.354. The highest BCUT2D eigenvalue weighted by atomic mass is 16.5. The van der Waals surface area contributed by atoms with Crippen molar-refractivity contribution >= 4 is 5.96 Å². The van der Waals surface area contributed by atoms with E-state index < -0.39 is 0 Å². The summed E-state index contributed by atoms with van der Waals surface area (Å²) in [5, 5.41) is 14.1. The van der Waals surface area contributed by atoms with Gasteiger partial charge < -0.3 is 19.7 Å². The van der Waals surface area contributed by atoms with Gasteiger partial charge in [-0.25, -0.2) is 0 Å². The van der Waals surface area contributed by atoms with Crippen molar-refractivity contribution in [2.75, 3.05) is 13.6 Å². The average molecular weight is 306 g/mol. The molecule has 2 heterocycles. The molecule has 2 rings (SSSR count). The fourth-order valence-corrected chi connectivity index (χ4v) is 1.81. The number of rotatable bonds is 6. The number of nitrogens with one attached hydrogen (secondary N) is 2. The maximum atomic E-state index is 5.27. The molecule has 22 heavy (non-hydrogen) atoms.